The van der Waals surface area contributed by atoms with E-state index in [2.05, 4.69) is 29.7 Å². The van der Waals surface area contributed by atoms with Crippen LogP contribution in [-0.2, 0) is 9.59 Å². The number of hydrogen-bond donors (Lipinski definition) is 2. The quantitative estimate of drug-likeness (QED) is 0.819. The second-order valence-electron chi connectivity index (χ2n) is 5.59. The molecule has 2 rings (SSSR count). The van der Waals surface area contributed by atoms with Gasteiger partial charge in [0.1, 0.15) is 0 Å². The fourth-order valence-corrected chi connectivity index (χ4v) is 3.16. The smallest absolute Gasteiger partial charge is 0.222 e. The number of hydrogen-bond acceptors (Lipinski definition) is 3. The molecule has 23 heavy (non-hydrogen) atoms. The lowest BCUT2D eigenvalue weighted by atomic mass is 10.0. The fourth-order valence-electron chi connectivity index (χ4n) is 2.38. The van der Waals surface area contributed by atoms with Crippen molar-refractivity contribution in [1.82, 2.24) is 10.6 Å². The molecule has 0 radical (unpaired) electrons. The third-order valence-electron chi connectivity index (χ3n) is 3.63. The molecule has 5 heteroatoms. The maximum atomic E-state index is 12.2. The van der Waals surface area contributed by atoms with Crippen molar-refractivity contribution in [1.29, 1.82) is 0 Å². The Morgan fingerprint density at radius 3 is 2.48 bits per heavy atom. The SMILES string of the molecule is CC(=O)NC(CC(=O)NCC(C)c1ccccc1)c1cccs1. The second kappa shape index (κ2) is 8.48. The minimum absolute atomic E-state index is 0.0556. The first kappa shape index (κ1) is 17.2. The molecule has 1 aromatic carbocycles. The first-order valence-electron chi connectivity index (χ1n) is 7.68. The van der Waals surface area contributed by atoms with E-state index < -0.39 is 0 Å². The predicted octanol–water partition coefficient (Wildman–Crippen LogP) is 3.24. The van der Waals surface area contributed by atoms with Crippen molar-refractivity contribution in [3.8, 4) is 0 Å². The summed E-state index contributed by atoms with van der Waals surface area (Å²) >= 11 is 1.54. The van der Waals surface area contributed by atoms with Crippen LogP contribution in [0.1, 0.15) is 42.7 Å². The minimum atomic E-state index is -0.264. The highest BCUT2D eigenvalue weighted by molar-refractivity contribution is 7.10. The Morgan fingerprint density at radius 1 is 1.13 bits per heavy atom. The van der Waals surface area contributed by atoms with Gasteiger partial charge >= 0.3 is 0 Å². The van der Waals surface area contributed by atoms with E-state index in [1.54, 1.807) is 11.3 Å². The van der Waals surface area contributed by atoms with Gasteiger partial charge in [0.05, 0.1) is 12.5 Å². The normalized spacial score (nSPS) is 13.1. The van der Waals surface area contributed by atoms with Gasteiger partial charge in [-0.15, -0.1) is 11.3 Å². The van der Waals surface area contributed by atoms with E-state index in [1.807, 2.05) is 35.7 Å². The summed E-state index contributed by atoms with van der Waals surface area (Å²) in [5, 5.41) is 7.75. The molecule has 0 bridgehead atoms. The molecule has 4 nitrogen and oxygen atoms in total. The molecule has 1 aromatic heterocycles. The Labute approximate surface area is 140 Å². The van der Waals surface area contributed by atoms with Crippen LogP contribution < -0.4 is 10.6 Å². The summed E-state index contributed by atoms with van der Waals surface area (Å²) < 4.78 is 0. The van der Waals surface area contributed by atoms with E-state index in [4.69, 9.17) is 0 Å². The zero-order valence-corrected chi connectivity index (χ0v) is 14.2. The van der Waals surface area contributed by atoms with Gasteiger partial charge in [-0.2, -0.15) is 0 Å². The molecule has 2 amide bonds. The van der Waals surface area contributed by atoms with E-state index >= 15 is 0 Å². The Morgan fingerprint density at radius 2 is 1.87 bits per heavy atom. The molecule has 2 unspecified atom stereocenters. The highest BCUT2D eigenvalue weighted by Crippen LogP contribution is 2.22. The lowest BCUT2D eigenvalue weighted by molar-refractivity contribution is -0.122. The summed E-state index contributed by atoms with van der Waals surface area (Å²) in [7, 11) is 0. The lowest BCUT2D eigenvalue weighted by Crippen LogP contribution is -2.33. The monoisotopic (exact) mass is 330 g/mol. The summed E-state index contributed by atoms with van der Waals surface area (Å²) in [4.78, 5) is 24.5. The summed E-state index contributed by atoms with van der Waals surface area (Å²) in [6, 6.07) is 13.7. The van der Waals surface area contributed by atoms with Crippen LogP contribution in [0, 0.1) is 0 Å². The molecule has 0 saturated carbocycles. The molecule has 0 aliphatic carbocycles. The summed E-state index contributed by atoms with van der Waals surface area (Å²) in [5.74, 6) is 0.0647. The van der Waals surface area contributed by atoms with Gasteiger partial charge in [-0.05, 0) is 22.9 Å². The van der Waals surface area contributed by atoms with Crippen LogP contribution in [0.5, 0.6) is 0 Å². The predicted molar refractivity (Wildman–Crippen MR) is 93.4 cm³/mol. The molecule has 2 atom stereocenters. The van der Waals surface area contributed by atoms with Gasteiger partial charge < -0.3 is 10.6 Å². The number of carbonyl (C=O) groups excluding carboxylic acids is 2. The van der Waals surface area contributed by atoms with Crippen LogP contribution in [0.3, 0.4) is 0 Å². The minimum Gasteiger partial charge on any atom is -0.355 e. The third kappa shape index (κ3) is 5.53. The topological polar surface area (TPSA) is 58.2 Å². The van der Waals surface area contributed by atoms with Crippen LogP contribution in [0.4, 0.5) is 0 Å². The van der Waals surface area contributed by atoms with E-state index in [-0.39, 0.29) is 30.2 Å². The maximum absolute atomic E-state index is 12.2. The van der Waals surface area contributed by atoms with Gasteiger partial charge in [-0.25, -0.2) is 0 Å². The van der Waals surface area contributed by atoms with Crippen molar-refractivity contribution in [2.24, 2.45) is 0 Å². The zero-order chi connectivity index (χ0) is 16.7. The van der Waals surface area contributed by atoms with Crippen LogP contribution in [0.15, 0.2) is 47.8 Å². The standard InChI is InChI=1S/C18H22N2O2S/c1-13(15-7-4-3-5-8-15)12-19-18(22)11-16(20-14(2)21)17-9-6-10-23-17/h3-10,13,16H,11-12H2,1-2H3,(H,19,22)(H,20,21). The van der Waals surface area contributed by atoms with Crippen molar-refractivity contribution in [3.05, 3.63) is 58.3 Å². The largest absolute Gasteiger partial charge is 0.355 e. The molecule has 0 aliphatic rings. The zero-order valence-electron chi connectivity index (χ0n) is 13.4. The average Bonchev–Trinajstić information content (AvgIpc) is 3.07. The van der Waals surface area contributed by atoms with Crippen LogP contribution in [0.25, 0.3) is 0 Å². The molecule has 2 aromatic rings. The number of rotatable bonds is 7. The third-order valence-corrected chi connectivity index (χ3v) is 4.61. The summed E-state index contributed by atoms with van der Waals surface area (Å²) in [5.41, 5.74) is 1.20. The molecule has 0 saturated heterocycles. The number of thiophene rings is 1. The van der Waals surface area contributed by atoms with Crippen LogP contribution in [0.2, 0.25) is 0 Å². The molecule has 122 valence electrons. The Bertz CT molecular complexity index is 626. The first-order valence-corrected chi connectivity index (χ1v) is 8.56. The highest BCUT2D eigenvalue weighted by atomic mass is 32.1. The Balaban J connectivity index is 1.88. The average molecular weight is 330 g/mol. The van der Waals surface area contributed by atoms with Gasteiger partial charge in [-0.1, -0.05) is 43.3 Å². The molecular weight excluding hydrogens is 308 g/mol. The molecule has 0 fully saturated rings. The summed E-state index contributed by atoms with van der Waals surface area (Å²) in [6.45, 7) is 4.14. The lowest BCUT2D eigenvalue weighted by Gasteiger charge is -2.18. The first-order chi connectivity index (χ1) is 11.1. The Hall–Kier alpha value is -2.14. The molecule has 0 spiro atoms. The van der Waals surface area contributed by atoms with Crippen molar-refractivity contribution >= 4 is 23.2 Å². The van der Waals surface area contributed by atoms with Gasteiger partial charge in [0.25, 0.3) is 0 Å². The van der Waals surface area contributed by atoms with Gasteiger partial charge in [0.2, 0.25) is 11.8 Å². The highest BCUT2D eigenvalue weighted by Gasteiger charge is 2.18. The van der Waals surface area contributed by atoms with Crippen LogP contribution >= 0.6 is 11.3 Å². The Kier molecular flexibility index (Phi) is 6.35. The summed E-state index contributed by atoms with van der Waals surface area (Å²) in [6.07, 6.45) is 0.252. The molecule has 2 N–H and O–H groups in total. The van der Waals surface area contributed by atoms with Gasteiger partial charge in [0.15, 0.2) is 0 Å². The molecular formula is C18H22N2O2S. The van der Waals surface area contributed by atoms with Crippen molar-refractivity contribution in [2.75, 3.05) is 6.54 Å². The van der Waals surface area contributed by atoms with Crippen molar-refractivity contribution < 1.29 is 9.59 Å². The fraction of sp³-hybridized carbons (Fsp3) is 0.333. The van der Waals surface area contributed by atoms with E-state index in [0.29, 0.717) is 6.54 Å². The number of carbonyl (C=O) groups is 2. The van der Waals surface area contributed by atoms with E-state index in [9.17, 15) is 9.59 Å². The van der Waals surface area contributed by atoms with Crippen molar-refractivity contribution in [3.63, 3.8) is 0 Å². The number of benzene rings is 1. The van der Waals surface area contributed by atoms with Crippen LogP contribution in [-0.4, -0.2) is 18.4 Å². The maximum Gasteiger partial charge on any atom is 0.222 e. The molecule has 0 aliphatic heterocycles. The molecule has 1 heterocycles. The number of amides is 2. The van der Waals surface area contributed by atoms with E-state index in [0.717, 1.165) is 4.88 Å². The number of nitrogens with one attached hydrogen (secondary N) is 2. The second-order valence-corrected chi connectivity index (χ2v) is 6.57. The van der Waals surface area contributed by atoms with Gasteiger partial charge in [-0.3, -0.25) is 9.59 Å². The van der Waals surface area contributed by atoms with E-state index in [1.165, 1.54) is 12.5 Å². The van der Waals surface area contributed by atoms with Gasteiger partial charge in [0, 0.05) is 18.3 Å². The van der Waals surface area contributed by atoms with Crippen molar-refractivity contribution in [2.45, 2.75) is 32.2 Å².